The number of nitrogens with zero attached hydrogens (tertiary/aromatic N) is 2. The first-order valence-corrected chi connectivity index (χ1v) is 8.24. The molecule has 0 unspecified atom stereocenters. The van der Waals surface area contributed by atoms with Crippen LogP contribution in [-0.4, -0.2) is 58.4 Å². The van der Waals surface area contributed by atoms with Crippen molar-refractivity contribution >= 4 is 29.1 Å². The van der Waals surface area contributed by atoms with Crippen LogP contribution in [0.25, 0.3) is 0 Å². The number of carbonyl (C=O) groups is 3. The predicted octanol–water partition coefficient (Wildman–Crippen LogP) is 1.68. The molecule has 2 amide bonds. The summed E-state index contributed by atoms with van der Waals surface area (Å²) in [6, 6.07) is 1.69. The van der Waals surface area contributed by atoms with E-state index in [1.807, 2.05) is 16.8 Å². The Bertz CT molecular complexity index is 544. The molecule has 0 radical (unpaired) electrons. The van der Waals surface area contributed by atoms with Gasteiger partial charge in [0, 0.05) is 31.4 Å². The first kappa shape index (κ1) is 16.5. The van der Waals surface area contributed by atoms with Crippen LogP contribution in [0.3, 0.4) is 0 Å². The van der Waals surface area contributed by atoms with Gasteiger partial charge in [-0.05, 0) is 30.7 Å². The van der Waals surface area contributed by atoms with Crippen molar-refractivity contribution in [2.75, 3.05) is 19.6 Å². The van der Waals surface area contributed by atoms with Gasteiger partial charge in [0.25, 0.3) is 5.91 Å². The van der Waals surface area contributed by atoms with Crippen molar-refractivity contribution in [3.63, 3.8) is 0 Å². The highest BCUT2D eigenvalue weighted by molar-refractivity contribution is 7.08. The highest BCUT2D eigenvalue weighted by atomic mass is 32.1. The monoisotopic (exact) mass is 324 g/mol. The van der Waals surface area contributed by atoms with Gasteiger partial charge >= 0.3 is 5.97 Å². The number of aliphatic carboxylic acids is 1. The molecule has 0 bridgehead atoms. The number of carboxylic acids is 1. The summed E-state index contributed by atoms with van der Waals surface area (Å²) < 4.78 is 0. The molecule has 1 N–H and O–H groups in total. The Kier molecular flexibility index (Phi) is 5.54. The molecule has 6 nitrogen and oxygen atoms in total. The summed E-state index contributed by atoms with van der Waals surface area (Å²) in [5.74, 6) is -1.23. The van der Waals surface area contributed by atoms with Gasteiger partial charge in [-0.3, -0.25) is 14.4 Å². The summed E-state index contributed by atoms with van der Waals surface area (Å²) in [4.78, 5) is 38.1. The molecule has 1 aromatic rings. The summed E-state index contributed by atoms with van der Waals surface area (Å²) in [5, 5.41) is 12.6. The zero-order valence-corrected chi connectivity index (χ0v) is 13.3. The van der Waals surface area contributed by atoms with E-state index in [0.29, 0.717) is 25.1 Å². The van der Waals surface area contributed by atoms with Gasteiger partial charge in [-0.25, -0.2) is 0 Å². The van der Waals surface area contributed by atoms with Crippen LogP contribution in [0.2, 0.25) is 0 Å². The Morgan fingerprint density at radius 2 is 2.14 bits per heavy atom. The normalized spacial score (nSPS) is 18.6. The van der Waals surface area contributed by atoms with E-state index in [-0.39, 0.29) is 24.4 Å². The quantitative estimate of drug-likeness (QED) is 0.914. The molecule has 1 saturated heterocycles. The summed E-state index contributed by atoms with van der Waals surface area (Å²) in [7, 11) is 0. The van der Waals surface area contributed by atoms with Gasteiger partial charge in [-0.1, -0.05) is 0 Å². The second kappa shape index (κ2) is 7.40. The predicted molar refractivity (Wildman–Crippen MR) is 82.9 cm³/mol. The van der Waals surface area contributed by atoms with Crippen molar-refractivity contribution in [3.05, 3.63) is 22.4 Å². The van der Waals surface area contributed by atoms with Crippen LogP contribution in [0, 0.1) is 0 Å². The second-order valence-electron chi connectivity index (χ2n) is 5.43. The number of likely N-dealkylation sites (tertiary alicyclic amines) is 1. The van der Waals surface area contributed by atoms with Gasteiger partial charge in [0.2, 0.25) is 5.91 Å². The average Bonchev–Trinajstić information content (AvgIpc) is 2.89. The van der Waals surface area contributed by atoms with Gasteiger partial charge < -0.3 is 14.9 Å². The lowest BCUT2D eigenvalue weighted by Gasteiger charge is -2.28. The molecule has 1 atom stereocenters. The first-order valence-electron chi connectivity index (χ1n) is 7.29. The summed E-state index contributed by atoms with van der Waals surface area (Å²) in [6.45, 7) is 2.30. The van der Waals surface area contributed by atoms with Crippen molar-refractivity contribution < 1.29 is 19.5 Å². The number of carboxylic acid groups (broad SMARTS) is 1. The van der Waals surface area contributed by atoms with Crippen LogP contribution in [0.4, 0.5) is 0 Å². The van der Waals surface area contributed by atoms with E-state index >= 15 is 0 Å². The van der Waals surface area contributed by atoms with Gasteiger partial charge in [0.05, 0.1) is 5.56 Å². The van der Waals surface area contributed by atoms with Gasteiger partial charge in [-0.15, -0.1) is 0 Å². The number of rotatable bonds is 4. The Labute approximate surface area is 133 Å². The molecule has 1 fully saturated rings. The van der Waals surface area contributed by atoms with E-state index in [1.165, 1.54) is 23.2 Å². The Morgan fingerprint density at radius 3 is 2.73 bits per heavy atom. The van der Waals surface area contributed by atoms with Gasteiger partial charge in [-0.2, -0.15) is 11.3 Å². The van der Waals surface area contributed by atoms with Crippen molar-refractivity contribution in [1.82, 2.24) is 9.80 Å². The van der Waals surface area contributed by atoms with Crippen molar-refractivity contribution in [3.8, 4) is 0 Å². The molecule has 0 aromatic carbocycles. The molecular formula is C15H20N2O4S. The maximum absolute atomic E-state index is 12.4. The van der Waals surface area contributed by atoms with E-state index < -0.39 is 5.97 Å². The van der Waals surface area contributed by atoms with Crippen LogP contribution in [-0.2, 0) is 9.59 Å². The fourth-order valence-electron chi connectivity index (χ4n) is 2.81. The van der Waals surface area contributed by atoms with Crippen LogP contribution in [0.5, 0.6) is 0 Å². The lowest BCUT2D eigenvalue weighted by Crippen LogP contribution is -2.43. The van der Waals surface area contributed by atoms with Crippen molar-refractivity contribution in [2.45, 2.75) is 32.2 Å². The first-order chi connectivity index (χ1) is 10.5. The molecular weight excluding hydrogens is 304 g/mol. The van der Waals surface area contributed by atoms with E-state index in [0.717, 1.165) is 12.8 Å². The van der Waals surface area contributed by atoms with Crippen molar-refractivity contribution in [1.29, 1.82) is 0 Å². The third-order valence-electron chi connectivity index (χ3n) is 3.90. The van der Waals surface area contributed by atoms with Crippen molar-refractivity contribution in [2.24, 2.45) is 0 Å². The molecule has 2 rings (SSSR count). The minimum Gasteiger partial charge on any atom is -0.480 e. The summed E-state index contributed by atoms with van der Waals surface area (Å²) in [6.07, 6.45) is 2.10. The number of carbonyl (C=O) groups excluding carboxylic acids is 2. The third kappa shape index (κ3) is 4.07. The molecule has 120 valence electrons. The van der Waals surface area contributed by atoms with Gasteiger partial charge in [0.15, 0.2) is 0 Å². The topological polar surface area (TPSA) is 77.9 Å². The molecule has 2 heterocycles. The fraction of sp³-hybridized carbons (Fsp3) is 0.533. The van der Waals surface area contributed by atoms with E-state index in [4.69, 9.17) is 5.11 Å². The molecule has 0 aliphatic carbocycles. The summed E-state index contributed by atoms with van der Waals surface area (Å²) >= 11 is 1.49. The number of thiophene rings is 1. The van der Waals surface area contributed by atoms with E-state index in [1.54, 1.807) is 4.90 Å². The Morgan fingerprint density at radius 1 is 1.36 bits per heavy atom. The number of hydrogen-bond donors (Lipinski definition) is 1. The molecule has 1 aliphatic rings. The largest absolute Gasteiger partial charge is 0.480 e. The molecule has 7 heteroatoms. The van der Waals surface area contributed by atoms with Crippen LogP contribution >= 0.6 is 11.3 Å². The number of amides is 2. The Hall–Kier alpha value is -1.89. The molecule has 1 aliphatic heterocycles. The standard InChI is InChI=1S/C15H20N2O4S/c1-11(18)17(9-14(19)20)13-3-2-6-16(7-4-13)15(21)12-5-8-22-10-12/h5,8,10,13H,2-4,6-7,9H2,1H3,(H,19,20)/t13-/m0/s1. The average molecular weight is 324 g/mol. The zero-order chi connectivity index (χ0) is 16.1. The fourth-order valence-corrected chi connectivity index (χ4v) is 3.44. The highest BCUT2D eigenvalue weighted by Gasteiger charge is 2.27. The second-order valence-corrected chi connectivity index (χ2v) is 6.21. The zero-order valence-electron chi connectivity index (χ0n) is 12.5. The lowest BCUT2D eigenvalue weighted by atomic mass is 10.1. The molecule has 0 spiro atoms. The SMILES string of the molecule is CC(=O)N(CC(=O)O)[C@H]1CCCN(C(=O)c2ccsc2)CC1. The Balaban J connectivity index is 2.01. The van der Waals surface area contributed by atoms with Crippen LogP contribution < -0.4 is 0 Å². The van der Waals surface area contributed by atoms with Crippen LogP contribution in [0.1, 0.15) is 36.5 Å². The van der Waals surface area contributed by atoms with E-state index in [9.17, 15) is 14.4 Å². The van der Waals surface area contributed by atoms with E-state index in [2.05, 4.69) is 0 Å². The van der Waals surface area contributed by atoms with Gasteiger partial charge in [0.1, 0.15) is 6.54 Å². The maximum Gasteiger partial charge on any atom is 0.323 e. The number of hydrogen-bond acceptors (Lipinski definition) is 4. The summed E-state index contributed by atoms with van der Waals surface area (Å²) in [5.41, 5.74) is 0.692. The molecule has 0 saturated carbocycles. The minimum atomic E-state index is -1.01. The van der Waals surface area contributed by atoms with Crippen LogP contribution in [0.15, 0.2) is 16.8 Å². The third-order valence-corrected chi connectivity index (χ3v) is 4.59. The smallest absolute Gasteiger partial charge is 0.323 e. The highest BCUT2D eigenvalue weighted by Crippen LogP contribution is 2.19. The minimum absolute atomic E-state index is 0.00881. The molecule has 1 aromatic heterocycles. The lowest BCUT2D eigenvalue weighted by molar-refractivity contribution is -0.145. The molecule has 22 heavy (non-hydrogen) atoms. The maximum atomic E-state index is 12.4.